The molecule has 0 aliphatic heterocycles. The van der Waals surface area contributed by atoms with E-state index in [1.54, 1.807) is 18.2 Å². The van der Waals surface area contributed by atoms with Gasteiger partial charge in [-0.15, -0.1) is 0 Å². The van der Waals surface area contributed by atoms with Crippen molar-refractivity contribution in [1.29, 1.82) is 0 Å². The second-order valence-electron chi connectivity index (χ2n) is 6.96. The lowest BCUT2D eigenvalue weighted by molar-refractivity contribution is -0.121. The molecule has 0 bridgehead atoms. The molecule has 33 heavy (non-hydrogen) atoms. The average Bonchev–Trinajstić information content (AvgIpc) is 2.78. The summed E-state index contributed by atoms with van der Waals surface area (Å²) in [4.78, 5) is 36.4. The minimum atomic E-state index is -0.620. The van der Waals surface area contributed by atoms with Crippen molar-refractivity contribution in [3.63, 3.8) is 0 Å². The summed E-state index contributed by atoms with van der Waals surface area (Å²) in [6.45, 7) is 0.343. The van der Waals surface area contributed by atoms with Crippen LogP contribution in [-0.4, -0.2) is 59.4 Å². The molecule has 0 aliphatic carbocycles. The highest BCUT2D eigenvalue weighted by atomic mass is 35.5. The predicted molar refractivity (Wildman–Crippen MR) is 125 cm³/mol. The maximum atomic E-state index is 12.1. The lowest BCUT2D eigenvalue weighted by Gasteiger charge is -2.14. The van der Waals surface area contributed by atoms with E-state index in [2.05, 4.69) is 0 Å². The van der Waals surface area contributed by atoms with Gasteiger partial charge in [-0.2, -0.15) is 0 Å². The first-order valence-electron chi connectivity index (χ1n) is 9.85. The third kappa shape index (κ3) is 8.34. The van der Waals surface area contributed by atoms with Crippen molar-refractivity contribution in [2.24, 2.45) is 0 Å². The van der Waals surface area contributed by atoms with Crippen LogP contribution in [0.4, 0.5) is 4.79 Å². The molecule has 174 valence electrons. The molecule has 0 fully saturated rings. The second kappa shape index (κ2) is 12.3. The monoisotopic (exact) mass is 473 g/mol. The molecular formula is C24H24ClNO7. The van der Waals surface area contributed by atoms with Crippen molar-refractivity contribution < 1.29 is 34.1 Å². The minimum Gasteiger partial charge on any atom is -0.504 e. The number of likely N-dealkylation sites (N-methyl/N-ethyl adjacent to an activating group) is 1. The number of methoxy groups -OCH3 is 1. The molecule has 0 aromatic heterocycles. The van der Waals surface area contributed by atoms with Gasteiger partial charge in [-0.05, 0) is 59.1 Å². The van der Waals surface area contributed by atoms with E-state index in [9.17, 15) is 24.6 Å². The number of aromatic hydroxyl groups is 2. The molecular weight excluding hydrogens is 450 g/mol. The lowest BCUT2D eigenvalue weighted by atomic mass is 10.1. The second-order valence-corrected chi connectivity index (χ2v) is 7.28. The van der Waals surface area contributed by atoms with E-state index in [4.69, 9.17) is 21.1 Å². The van der Waals surface area contributed by atoms with Gasteiger partial charge in [0.1, 0.15) is 6.61 Å². The van der Waals surface area contributed by atoms with Gasteiger partial charge >= 0.3 is 5.37 Å². The van der Waals surface area contributed by atoms with Gasteiger partial charge in [-0.1, -0.05) is 24.3 Å². The number of ether oxygens (including phenoxy) is 2. The Morgan fingerprint density at radius 2 is 1.45 bits per heavy atom. The van der Waals surface area contributed by atoms with E-state index in [-0.39, 0.29) is 48.4 Å². The van der Waals surface area contributed by atoms with E-state index in [1.807, 2.05) is 0 Å². The van der Waals surface area contributed by atoms with Crippen LogP contribution in [0.15, 0.2) is 48.6 Å². The molecule has 0 aliphatic rings. The number of phenolic OH excluding ortho intramolecular Hbond substituents is 2. The minimum absolute atomic E-state index is 0.0122. The number of halogens is 1. The summed E-state index contributed by atoms with van der Waals surface area (Å²) in [7, 11) is 2.94. The van der Waals surface area contributed by atoms with Crippen LogP contribution in [0.2, 0.25) is 0 Å². The van der Waals surface area contributed by atoms with Gasteiger partial charge < -0.3 is 24.6 Å². The molecule has 2 aromatic carbocycles. The van der Waals surface area contributed by atoms with Crippen molar-refractivity contribution in [2.45, 2.75) is 6.42 Å². The van der Waals surface area contributed by atoms with Gasteiger partial charge in [-0.3, -0.25) is 14.4 Å². The van der Waals surface area contributed by atoms with Crippen LogP contribution in [-0.2, 0) is 9.59 Å². The zero-order valence-electron chi connectivity index (χ0n) is 18.2. The smallest absolute Gasteiger partial charge is 0.316 e. The summed E-state index contributed by atoms with van der Waals surface area (Å²) in [5.74, 6) is -0.426. The fraction of sp³-hybridized carbons (Fsp3) is 0.208. The molecule has 0 saturated heterocycles. The van der Waals surface area contributed by atoms with E-state index in [0.717, 1.165) is 0 Å². The molecule has 0 radical (unpaired) electrons. The Morgan fingerprint density at radius 1 is 0.939 bits per heavy atom. The number of ketones is 2. The zero-order chi connectivity index (χ0) is 24.4. The Hall–Kier alpha value is -3.78. The van der Waals surface area contributed by atoms with Crippen LogP contribution in [0.25, 0.3) is 12.2 Å². The summed E-state index contributed by atoms with van der Waals surface area (Å²) in [5.41, 5.74) is 1.22. The van der Waals surface area contributed by atoms with Gasteiger partial charge in [0, 0.05) is 7.05 Å². The van der Waals surface area contributed by atoms with Crippen molar-refractivity contribution in [3.8, 4) is 23.0 Å². The first kappa shape index (κ1) is 25.5. The fourth-order valence-electron chi connectivity index (χ4n) is 2.60. The number of carbonyl (C=O) groups is 3. The molecule has 0 heterocycles. The van der Waals surface area contributed by atoms with Gasteiger partial charge in [0.25, 0.3) is 0 Å². The van der Waals surface area contributed by atoms with Crippen molar-refractivity contribution in [1.82, 2.24) is 4.90 Å². The first-order valence-corrected chi connectivity index (χ1v) is 10.2. The normalized spacial score (nSPS) is 11.0. The standard InChI is InChI=1S/C24H24ClNO7/c1-26(24(25)31)11-12-33-23-14-17(6-10-21(23)30)4-8-19(28)15-18(27)7-3-16-5-9-20(29)22(13-16)32-2/h3-10,13-14,29-30H,11-12,15H2,1-2H3/b7-3+,8-4+. The fourth-order valence-corrected chi connectivity index (χ4v) is 2.68. The van der Waals surface area contributed by atoms with E-state index < -0.39 is 11.1 Å². The van der Waals surface area contributed by atoms with Gasteiger partial charge in [-0.25, -0.2) is 0 Å². The molecule has 8 nitrogen and oxygen atoms in total. The number of amides is 1. The summed E-state index contributed by atoms with van der Waals surface area (Å²) in [5, 5.41) is 18.9. The number of nitrogens with zero attached hydrogens (tertiary/aromatic N) is 1. The van der Waals surface area contributed by atoms with Crippen LogP contribution in [0.1, 0.15) is 17.5 Å². The Labute approximate surface area is 196 Å². The lowest BCUT2D eigenvalue weighted by Crippen LogP contribution is -2.26. The maximum absolute atomic E-state index is 12.1. The molecule has 2 rings (SSSR count). The summed E-state index contributed by atoms with van der Waals surface area (Å²) in [6.07, 6.45) is 5.27. The molecule has 2 aromatic rings. The van der Waals surface area contributed by atoms with E-state index in [0.29, 0.717) is 11.1 Å². The van der Waals surface area contributed by atoms with E-state index in [1.165, 1.54) is 61.6 Å². The number of allylic oxidation sites excluding steroid dienone is 2. The summed E-state index contributed by atoms with van der Waals surface area (Å²) < 4.78 is 10.5. The third-order valence-corrected chi connectivity index (χ3v) is 4.73. The molecule has 0 spiro atoms. The quantitative estimate of drug-likeness (QED) is 0.219. The average molecular weight is 474 g/mol. The summed E-state index contributed by atoms with van der Waals surface area (Å²) >= 11 is 5.34. The maximum Gasteiger partial charge on any atom is 0.316 e. The number of rotatable bonds is 11. The third-order valence-electron chi connectivity index (χ3n) is 4.44. The Kier molecular flexibility index (Phi) is 9.50. The highest BCUT2D eigenvalue weighted by Crippen LogP contribution is 2.28. The van der Waals surface area contributed by atoms with Crippen LogP contribution >= 0.6 is 11.6 Å². The Balaban J connectivity index is 1.92. The number of hydrogen-bond acceptors (Lipinski definition) is 7. The number of benzene rings is 2. The molecule has 0 unspecified atom stereocenters. The van der Waals surface area contributed by atoms with Crippen molar-refractivity contribution in [3.05, 3.63) is 59.7 Å². The van der Waals surface area contributed by atoms with Gasteiger partial charge in [0.15, 0.2) is 34.6 Å². The molecule has 0 saturated carbocycles. The van der Waals surface area contributed by atoms with Crippen LogP contribution in [0.3, 0.4) is 0 Å². The van der Waals surface area contributed by atoms with Crippen molar-refractivity contribution >= 4 is 40.7 Å². The van der Waals surface area contributed by atoms with Crippen molar-refractivity contribution in [2.75, 3.05) is 27.3 Å². The zero-order valence-corrected chi connectivity index (χ0v) is 18.9. The van der Waals surface area contributed by atoms with Crippen LogP contribution < -0.4 is 9.47 Å². The molecule has 1 amide bonds. The molecule has 9 heteroatoms. The van der Waals surface area contributed by atoms with Gasteiger partial charge in [0.2, 0.25) is 0 Å². The Bertz CT molecular complexity index is 1080. The Morgan fingerprint density at radius 3 is 1.97 bits per heavy atom. The van der Waals surface area contributed by atoms with Crippen LogP contribution in [0.5, 0.6) is 23.0 Å². The SMILES string of the molecule is COc1cc(/C=C/C(=O)CC(=O)/C=C/c2ccc(O)c(OCCN(C)C(=O)Cl)c2)ccc1O. The molecule has 0 atom stereocenters. The summed E-state index contributed by atoms with van der Waals surface area (Å²) in [6, 6.07) is 9.15. The van der Waals surface area contributed by atoms with E-state index >= 15 is 0 Å². The highest BCUT2D eigenvalue weighted by Gasteiger charge is 2.08. The number of carbonyl (C=O) groups excluding carboxylic acids is 3. The largest absolute Gasteiger partial charge is 0.504 e. The van der Waals surface area contributed by atoms with Gasteiger partial charge in [0.05, 0.1) is 20.1 Å². The number of hydrogen-bond donors (Lipinski definition) is 2. The highest BCUT2D eigenvalue weighted by molar-refractivity contribution is 6.62. The number of phenols is 2. The predicted octanol–water partition coefficient (Wildman–Crippen LogP) is 4.03. The topological polar surface area (TPSA) is 113 Å². The molecule has 2 N–H and O–H groups in total. The van der Waals surface area contributed by atoms with Crippen LogP contribution in [0, 0.1) is 0 Å². The first-order chi connectivity index (χ1) is 15.7.